The van der Waals surface area contributed by atoms with E-state index in [1.165, 1.54) is 0 Å². The summed E-state index contributed by atoms with van der Waals surface area (Å²) in [5, 5.41) is 9.63. The van der Waals surface area contributed by atoms with Gasteiger partial charge in [0.05, 0.1) is 5.41 Å². The van der Waals surface area contributed by atoms with E-state index in [1.807, 2.05) is 26.0 Å². The highest BCUT2D eigenvalue weighted by Gasteiger charge is 2.50. The predicted molar refractivity (Wildman–Crippen MR) is 87.1 cm³/mol. The molecule has 24 heavy (non-hydrogen) atoms. The van der Waals surface area contributed by atoms with Crippen LogP contribution >= 0.6 is 0 Å². The van der Waals surface area contributed by atoms with Crippen molar-refractivity contribution in [3.05, 3.63) is 24.3 Å². The molecule has 1 fully saturated rings. The number of benzene rings is 1. The first kappa shape index (κ1) is 16.6. The Morgan fingerprint density at radius 3 is 2.42 bits per heavy atom. The Labute approximate surface area is 141 Å². The van der Waals surface area contributed by atoms with E-state index in [4.69, 9.17) is 9.47 Å². The molecule has 2 aliphatic rings. The Morgan fingerprint density at radius 1 is 1.25 bits per heavy atom. The first-order valence-electron chi connectivity index (χ1n) is 8.29. The molecule has 130 valence electrons. The topological polar surface area (TPSA) is 76.1 Å². The van der Waals surface area contributed by atoms with Crippen LogP contribution in [0.2, 0.25) is 0 Å². The summed E-state index contributed by atoms with van der Waals surface area (Å²) in [6.07, 6.45) is -0.715. The lowest BCUT2D eigenvalue weighted by Crippen LogP contribution is -2.51. The summed E-state index contributed by atoms with van der Waals surface area (Å²) in [6, 6.07) is 7.24. The van der Waals surface area contributed by atoms with Gasteiger partial charge in [0, 0.05) is 13.1 Å². The second-order valence-corrected chi connectivity index (χ2v) is 6.93. The molecule has 0 saturated carbocycles. The van der Waals surface area contributed by atoms with E-state index in [-0.39, 0.29) is 18.4 Å². The van der Waals surface area contributed by atoms with E-state index in [1.54, 1.807) is 24.0 Å². The van der Waals surface area contributed by atoms with Gasteiger partial charge in [-0.15, -0.1) is 0 Å². The van der Waals surface area contributed by atoms with Crippen molar-refractivity contribution >= 4 is 11.9 Å². The first-order chi connectivity index (χ1) is 11.3. The van der Waals surface area contributed by atoms with Crippen molar-refractivity contribution in [3.63, 3.8) is 0 Å². The third kappa shape index (κ3) is 2.60. The second-order valence-electron chi connectivity index (χ2n) is 6.93. The number of carbonyl (C=O) groups is 2. The molecule has 0 aliphatic carbocycles. The van der Waals surface area contributed by atoms with Crippen molar-refractivity contribution in [2.75, 3.05) is 13.1 Å². The first-order valence-corrected chi connectivity index (χ1v) is 8.29. The quantitative estimate of drug-likeness (QED) is 0.917. The van der Waals surface area contributed by atoms with Crippen molar-refractivity contribution in [2.45, 2.75) is 39.4 Å². The largest absolute Gasteiger partial charge is 0.482 e. The molecule has 1 aromatic rings. The highest BCUT2D eigenvalue weighted by atomic mass is 16.6. The number of carboxylic acid groups (broad SMARTS) is 1. The minimum Gasteiger partial charge on any atom is -0.482 e. The van der Waals surface area contributed by atoms with E-state index in [0.717, 1.165) is 0 Å². The predicted octanol–water partition coefficient (Wildman–Crippen LogP) is 2.17. The zero-order valence-corrected chi connectivity index (χ0v) is 14.2. The monoisotopic (exact) mass is 333 g/mol. The van der Waals surface area contributed by atoms with Gasteiger partial charge in [-0.05, 0) is 31.4 Å². The number of likely N-dealkylation sites (tertiary alicyclic amines) is 1. The molecular formula is C18H23NO5. The molecule has 0 bridgehead atoms. The fourth-order valence-corrected chi connectivity index (χ4v) is 3.48. The van der Waals surface area contributed by atoms with Crippen molar-refractivity contribution in [3.8, 4) is 11.5 Å². The van der Waals surface area contributed by atoms with E-state index >= 15 is 0 Å². The Balaban J connectivity index is 1.77. The third-order valence-electron chi connectivity index (χ3n) is 5.23. The molecule has 6 heteroatoms. The fourth-order valence-electron chi connectivity index (χ4n) is 3.48. The SMILES string of the molecule is CC1Oc2ccccc2OC1C(=O)N1CCC(C(=O)O)(C(C)C)C1. The number of hydrogen-bond donors (Lipinski definition) is 1. The van der Waals surface area contributed by atoms with Crippen LogP contribution in [0.5, 0.6) is 11.5 Å². The molecule has 3 atom stereocenters. The maximum absolute atomic E-state index is 12.9. The van der Waals surface area contributed by atoms with E-state index in [9.17, 15) is 14.7 Å². The molecule has 1 saturated heterocycles. The molecule has 2 heterocycles. The Bertz CT molecular complexity index is 659. The summed E-state index contributed by atoms with van der Waals surface area (Å²) >= 11 is 0. The Morgan fingerprint density at radius 2 is 1.88 bits per heavy atom. The van der Waals surface area contributed by atoms with Crippen LogP contribution in [0.15, 0.2) is 24.3 Å². The van der Waals surface area contributed by atoms with Crippen LogP contribution in [0.3, 0.4) is 0 Å². The minimum atomic E-state index is -0.883. The number of ether oxygens (including phenoxy) is 2. The van der Waals surface area contributed by atoms with Gasteiger partial charge in [-0.3, -0.25) is 9.59 Å². The molecule has 0 aromatic heterocycles. The van der Waals surface area contributed by atoms with Gasteiger partial charge in [-0.25, -0.2) is 0 Å². The van der Waals surface area contributed by atoms with Crippen LogP contribution in [0, 0.1) is 11.3 Å². The maximum atomic E-state index is 12.9. The number of fused-ring (bicyclic) bond motifs is 1. The standard InChI is InChI=1S/C18H23NO5/c1-11(2)18(17(21)22)8-9-19(10-18)16(20)15-12(3)23-13-6-4-5-7-14(13)24-15/h4-7,11-12,15H,8-10H2,1-3H3,(H,21,22). The summed E-state index contributed by atoms with van der Waals surface area (Å²) in [5.41, 5.74) is -0.883. The lowest BCUT2D eigenvalue weighted by Gasteiger charge is -2.34. The highest BCUT2D eigenvalue weighted by Crippen LogP contribution is 2.40. The lowest BCUT2D eigenvalue weighted by molar-refractivity contribution is -0.152. The van der Waals surface area contributed by atoms with Gasteiger partial charge in [0.1, 0.15) is 6.10 Å². The summed E-state index contributed by atoms with van der Waals surface area (Å²) < 4.78 is 11.6. The summed E-state index contributed by atoms with van der Waals surface area (Å²) in [5.74, 6) is 0.0706. The van der Waals surface area contributed by atoms with Crippen LogP contribution in [-0.4, -0.2) is 47.2 Å². The van der Waals surface area contributed by atoms with Crippen LogP contribution < -0.4 is 9.47 Å². The molecule has 0 radical (unpaired) electrons. The number of hydrogen-bond acceptors (Lipinski definition) is 4. The Kier molecular flexibility index (Phi) is 4.15. The van der Waals surface area contributed by atoms with E-state index in [2.05, 4.69) is 0 Å². The molecule has 3 unspecified atom stereocenters. The van der Waals surface area contributed by atoms with Gasteiger partial charge >= 0.3 is 5.97 Å². The lowest BCUT2D eigenvalue weighted by atomic mass is 9.76. The molecular weight excluding hydrogens is 310 g/mol. The summed E-state index contributed by atoms with van der Waals surface area (Å²) in [6.45, 7) is 6.22. The molecule has 1 N–H and O–H groups in total. The van der Waals surface area contributed by atoms with Crippen molar-refractivity contribution in [1.29, 1.82) is 0 Å². The molecule has 2 aliphatic heterocycles. The van der Waals surface area contributed by atoms with Gasteiger partial charge in [-0.2, -0.15) is 0 Å². The fraction of sp³-hybridized carbons (Fsp3) is 0.556. The number of carboxylic acids is 1. The van der Waals surface area contributed by atoms with Gasteiger partial charge in [0.15, 0.2) is 11.5 Å². The molecule has 6 nitrogen and oxygen atoms in total. The second kappa shape index (κ2) is 6.00. The van der Waals surface area contributed by atoms with Gasteiger partial charge in [0.25, 0.3) is 5.91 Å². The van der Waals surface area contributed by atoms with E-state index in [0.29, 0.717) is 24.5 Å². The normalized spacial score (nSPS) is 28.9. The van der Waals surface area contributed by atoms with Crippen LogP contribution in [0.4, 0.5) is 0 Å². The number of para-hydroxylation sites is 2. The van der Waals surface area contributed by atoms with Gasteiger partial charge in [-0.1, -0.05) is 26.0 Å². The third-order valence-corrected chi connectivity index (χ3v) is 5.23. The molecule has 0 spiro atoms. The highest BCUT2D eigenvalue weighted by molar-refractivity contribution is 5.85. The van der Waals surface area contributed by atoms with E-state index < -0.39 is 23.6 Å². The number of rotatable bonds is 3. The van der Waals surface area contributed by atoms with Crippen molar-refractivity contribution in [2.24, 2.45) is 11.3 Å². The zero-order chi connectivity index (χ0) is 17.5. The van der Waals surface area contributed by atoms with Crippen LogP contribution in [-0.2, 0) is 9.59 Å². The smallest absolute Gasteiger partial charge is 0.311 e. The van der Waals surface area contributed by atoms with Crippen molar-refractivity contribution < 1.29 is 24.2 Å². The Hall–Kier alpha value is -2.24. The average molecular weight is 333 g/mol. The maximum Gasteiger partial charge on any atom is 0.311 e. The van der Waals surface area contributed by atoms with Crippen LogP contribution in [0.1, 0.15) is 27.2 Å². The van der Waals surface area contributed by atoms with Crippen LogP contribution in [0.25, 0.3) is 0 Å². The van der Waals surface area contributed by atoms with Gasteiger partial charge < -0.3 is 19.5 Å². The van der Waals surface area contributed by atoms with Crippen molar-refractivity contribution in [1.82, 2.24) is 4.90 Å². The minimum absolute atomic E-state index is 0.0468. The summed E-state index contributed by atoms with van der Waals surface area (Å²) in [4.78, 5) is 26.2. The average Bonchev–Trinajstić information content (AvgIpc) is 3.00. The number of amides is 1. The summed E-state index contributed by atoms with van der Waals surface area (Å²) in [7, 11) is 0. The molecule has 1 amide bonds. The van der Waals surface area contributed by atoms with Gasteiger partial charge in [0.2, 0.25) is 6.10 Å². The number of nitrogens with zero attached hydrogens (tertiary/aromatic N) is 1. The number of carbonyl (C=O) groups excluding carboxylic acids is 1. The number of aliphatic carboxylic acids is 1. The molecule has 1 aromatic carbocycles. The molecule has 3 rings (SSSR count). The zero-order valence-electron chi connectivity index (χ0n) is 14.2.